The molecule has 0 amide bonds. The van der Waals surface area contributed by atoms with E-state index in [1.165, 1.54) is 31.4 Å². The van der Waals surface area contributed by atoms with Gasteiger partial charge in [-0.25, -0.2) is 9.07 Å². The number of aryl methyl sites for hydroxylation is 1. The number of aromatic amines is 1. The van der Waals surface area contributed by atoms with Crippen molar-refractivity contribution >= 4 is 16.6 Å². The highest BCUT2D eigenvalue weighted by Crippen LogP contribution is 2.34. The van der Waals surface area contributed by atoms with E-state index in [0.29, 0.717) is 5.56 Å². The molecule has 9 heteroatoms. The van der Waals surface area contributed by atoms with Crippen LogP contribution in [0.25, 0.3) is 10.9 Å². The summed E-state index contributed by atoms with van der Waals surface area (Å²) in [4.78, 5) is 21.3. The van der Waals surface area contributed by atoms with Gasteiger partial charge in [0.1, 0.15) is 11.9 Å². The average molecular weight is 502 g/mol. The number of fused-ring (bicyclic) bond motifs is 1. The Bertz CT molecular complexity index is 1430. The Kier molecular flexibility index (Phi) is 6.46. The first kappa shape index (κ1) is 23.8. The molecule has 1 aliphatic carbocycles. The minimum absolute atomic E-state index is 0.106. The van der Waals surface area contributed by atoms with Crippen LogP contribution in [0, 0.1) is 12.7 Å². The molecule has 0 spiro atoms. The van der Waals surface area contributed by atoms with E-state index in [4.69, 9.17) is 0 Å². The van der Waals surface area contributed by atoms with Crippen LogP contribution in [0.1, 0.15) is 61.1 Å². The minimum Gasteiger partial charge on any atom is -0.369 e. The van der Waals surface area contributed by atoms with Gasteiger partial charge in [-0.1, -0.05) is 37.5 Å². The molecule has 37 heavy (non-hydrogen) atoms. The van der Waals surface area contributed by atoms with Crippen LogP contribution in [0.15, 0.2) is 53.3 Å². The number of para-hydroxylation sites is 1. The summed E-state index contributed by atoms with van der Waals surface area (Å²) in [7, 11) is 0. The zero-order valence-electron chi connectivity index (χ0n) is 21.1. The van der Waals surface area contributed by atoms with Gasteiger partial charge in [-0.3, -0.25) is 9.69 Å². The predicted molar refractivity (Wildman–Crippen MR) is 141 cm³/mol. The zero-order chi connectivity index (χ0) is 25.4. The molecule has 2 aliphatic rings. The number of nitrogens with one attached hydrogen (secondary N) is 1. The van der Waals surface area contributed by atoms with Crippen molar-refractivity contribution in [3.8, 4) is 0 Å². The summed E-state index contributed by atoms with van der Waals surface area (Å²) in [6, 6.07) is 14.6. The number of nitrogens with zero attached hydrogens (tertiary/aromatic N) is 6. The van der Waals surface area contributed by atoms with Gasteiger partial charge in [0.05, 0.1) is 11.6 Å². The van der Waals surface area contributed by atoms with Gasteiger partial charge < -0.3 is 9.88 Å². The lowest BCUT2D eigenvalue weighted by atomic mass is 9.95. The highest BCUT2D eigenvalue weighted by atomic mass is 19.1. The first-order valence-electron chi connectivity index (χ1n) is 13.2. The lowest BCUT2D eigenvalue weighted by Gasteiger charge is -2.40. The molecule has 1 saturated carbocycles. The summed E-state index contributed by atoms with van der Waals surface area (Å²) in [5.74, 6) is 0.502. The van der Waals surface area contributed by atoms with E-state index in [2.05, 4.69) is 30.3 Å². The number of halogens is 1. The Balaban J connectivity index is 1.38. The number of rotatable bonds is 5. The Morgan fingerprint density at radius 1 is 1.00 bits per heavy atom. The molecule has 1 N–H and O–H groups in total. The summed E-state index contributed by atoms with van der Waals surface area (Å²) in [5.41, 5.74) is 3.47. The number of aromatic nitrogens is 5. The lowest BCUT2D eigenvalue weighted by molar-refractivity contribution is 0.192. The topological polar surface area (TPSA) is 82.9 Å². The maximum Gasteiger partial charge on any atom is 0.253 e. The third-order valence-corrected chi connectivity index (χ3v) is 7.97. The molecule has 1 atom stereocenters. The van der Waals surface area contributed by atoms with Crippen LogP contribution < -0.4 is 10.5 Å². The molecule has 1 saturated heterocycles. The number of piperazine rings is 1. The standard InChI is InChI=1S/C28H32FN7O/c1-19-6-5-7-20-18-24(28(37)30-25(19)20)26(27-31-32-33-36(27)23-8-3-2-4-9-23)35-16-14-34(15-17-35)22-12-10-21(29)11-13-22/h5-7,10-13,18,23,26H,2-4,8-9,14-17H2,1H3,(H,30,37)/t26-/m0/s1. The van der Waals surface area contributed by atoms with Crippen LogP contribution in [0.5, 0.6) is 0 Å². The monoisotopic (exact) mass is 501 g/mol. The highest BCUT2D eigenvalue weighted by molar-refractivity contribution is 5.82. The van der Waals surface area contributed by atoms with Gasteiger partial charge in [0.25, 0.3) is 5.56 Å². The summed E-state index contributed by atoms with van der Waals surface area (Å²) in [5, 5.41) is 14.0. The van der Waals surface area contributed by atoms with Crippen molar-refractivity contribution in [3.63, 3.8) is 0 Å². The van der Waals surface area contributed by atoms with Crippen LogP contribution >= 0.6 is 0 Å². The van der Waals surface area contributed by atoms with Crippen LogP contribution in [0.3, 0.4) is 0 Å². The van der Waals surface area contributed by atoms with Gasteiger partial charge >= 0.3 is 0 Å². The van der Waals surface area contributed by atoms with E-state index in [-0.39, 0.29) is 23.5 Å². The van der Waals surface area contributed by atoms with E-state index >= 15 is 0 Å². The smallest absolute Gasteiger partial charge is 0.253 e. The number of hydrogen-bond acceptors (Lipinski definition) is 6. The summed E-state index contributed by atoms with van der Waals surface area (Å²) >= 11 is 0. The Hall–Kier alpha value is -3.59. The van der Waals surface area contributed by atoms with E-state index in [1.807, 2.05) is 48.0 Å². The second-order valence-electron chi connectivity index (χ2n) is 10.3. The fraction of sp³-hybridized carbons (Fsp3) is 0.429. The molecule has 2 aromatic carbocycles. The predicted octanol–water partition coefficient (Wildman–Crippen LogP) is 4.38. The number of H-pyrrole nitrogens is 1. The number of benzene rings is 2. The molecule has 4 aromatic rings. The maximum absolute atomic E-state index is 13.6. The number of anilines is 1. The van der Waals surface area contributed by atoms with Crippen molar-refractivity contribution in [2.24, 2.45) is 0 Å². The largest absolute Gasteiger partial charge is 0.369 e. The van der Waals surface area contributed by atoms with Crippen molar-refractivity contribution < 1.29 is 4.39 Å². The van der Waals surface area contributed by atoms with E-state index in [0.717, 1.165) is 67.0 Å². The van der Waals surface area contributed by atoms with Crippen LogP contribution in [-0.4, -0.2) is 56.3 Å². The normalized spacial score (nSPS) is 18.4. The molecule has 0 radical (unpaired) electrons. The van der Waals surface area contributed by atoms with Gasteiger partial charge in [-0.2, -0.15) is 0 Å². The van der Waals surface area contributed by atoms with Crippen molar-refractivity contribution in [1.29, 1.82) is 0 Å². The Morgan fingerprint density at radius 3 is 2.51 bits per heavy atom. The van der Waals surface area contributed by atoms with Crippen molar-refractivity contribution in [3.05, 3.63) is 81.7 Å². The maximum atomic E-state index is 13.6. The third kappa shape index (κ3) is 4.64. The summed E-state index contributed by atoms with van der Waals surface area (Å²) in [6.07, 6.45) is 5.68. The van der Waals surface area contributed by atoms with Crippen LogP contribution in [-0.2, 0) is 0 Å². The quantitative estimate of drug-likeness (QED) is 0.437. The van der Waals surface area contributed by atoms with Crippen LogP contribution in [0.2, 0.25) is 0 Å². The molecule has 192 valence electrons. The highest BCUT2D eigenvalue weighted by Gasteiger charge is 2.34. The summed E-state index contributed by atoms with van der Waals surface area (Å²) < 4.78 is 15.4. The van der Waals surface area contributed by atoms with Gasteiger partial charge in [0.2, 0.25) is 0 Å². The second-order valence-corrected chi connectivity index (χ2v) is 10.3. The lowest BCUT2D eigenvalue weighted by Crippen LogP contribution is -2.49. The van der Waals surface area contributed by atoms with E-state index in [9.17, 15) is 9.18 Å². The Labute approximate surface area is 215 Å². The van der Waals surface area contributed by atoms with Crippen LogP contribution in [0.4, 0.5) is 10.1 Å². The molecular weight excluding hydrogens is 469 g/mol. The molecule has 3 heterocycles. The fourth-order valence-electron chi connectivity index (χ4n) is 5.96. The first-order valence-corrected chi connectivity index (χ1v) is 13.2. The van der Waals surface area contributed by atoms with Gasteiger partial charge in [-0.05, 0) is 71.5 Å². The number of hydrogen-bond donors (Lipinski definition) is 1. The molecule has 6 rings (SSSR count). The van der Waals surface area contributed by atoms with Gasteiger partial charge in [0, 0.05) is 37.4 Å². The van der Waals surface area contributed by atoms with E-state index in [1.54, 1.807) is 0 Å². The zero-order valence-corrected chi connectivity index (χ0v) is 21.1. The summed E-state index contributed by atoms with van der Waals surface area (Å²) in [6.45, 7) is 4.99. The Morgan fingerprint density at radius 2 is 1.76 bits per heavy atom. The molecular formula is C28H32FN7O. The molecule has 8 nitrogen and oxygen atoms in total. The molecule has 1 aliphatic heterocycles. The van der Waals surface area contributed by atoms with Crippen molar-refractivity contribution in [2.75, 3.05) is 31.1 Å². The molecule has 2 aromatic heterocycles. The SMILES string of the molecule is Cc1cccc2cc([C@@H](c3nnnn3C3CCCCC3)N3CCN(c4ccc(F)cc4)CC3)c(=O)[nH]c12. The first-order chi connectivity index (χ1) is 18.1. The van der Waals surface area contributed by atoms with Crippen molar-refractivity contribution in [2.45, 2.75) is 51.1 Å². The van der Waals surface area contributed by atoms with Crippen molar-refractivity contribution in [1.82, 2.24) is 30.1 Å². The molecule has 0 bridgehead atoms. The number of tetrazole rings is 1. The molecule has 2 fully saturated rings. The van der Waals surface area contributed by atoms with Gasteiger partial charge in [-0.15, -0.1) is 5.10 Å². The minimum atomic E-state index is -0.360. The third-order valence-electron chi connectivity index (χ3n) is 7.97. The molecule has 0 unspecified atom stereocenters. The van der Waals surface area contributed by atoms with Gasteiger partial charge in [0.15, 0.2) is 5.82 Å². The second kappa shape index (κ2) is 10.0. The van der Waals surface area contributed by atoms with E-state index < -0.39 is 0 Å². The fourth-order valence-corrected chi connectivity index (χ4v) is 5.96. The number of pyridine rings is 1. The average Bonchev–Trinajstić information content (AvgIpc) is 3.41.